The highest BCUT2D eigenvalue weighted by atomic mass is 35.5. The van der Waals surface area contributed by atoms with Gasteiger partial charge >= 0.3 is 0 Å². The van der Waals surface area contributed by atoms with Gasteiger partial charge in [0, 0.05) is 5.56 Å². The van der Waals surface area contributed by atoms with Gasteiger partial charge in [-0.1, -0.05) is 47.5 Å². The van der Waals surface area contributed by atoms with Gasteiger partial charge in [0.2, 0.25) is 0 Å². The summed E-state index contributed by atoms with van der Waals surface area (Å²) in [6.07, 6.45) is 0.709. The van der Waals surface area contributed by atoms with Crippen LogP contribution in [-0.4, -0.2) is 14.2 Å². The Bertz CT molecular complexity index is 609. The monoisotopic (exact) mass is 324 g/mol. The first kappa shape index (κ1) is 16.0. The summed E-state index contributed by atoms with van der Waals surface area (Å²) in [5, 5.41) is 0.234. The molecule has 1 atom stereocenters. The van der Waals surface area contributed by atoms with Gasteiger partial charge in [-0.2, -0.15) is 0 Å². The Balaban J connectivity index is 2.28. The molecule has 2 rings (SSSR count). The molecule has 2 nitrogen and oxygen atoms in total. The largest absolute Gasteiger partial charge is 0.495 e. The molecule has 0 radical (unpaired) electrons. The van der Waals surface area contributed by atoms with E-state index in [0.29, 0.717) is 22.9 Å². The van der Waals surface area contributed by atoms with Crippen LogP contribution in [0.1, 0.15) is 22.1 Å². The van der Waals surface area contributed by atoms with Crippen molar-refractivity contribution in [3.05, 3.63) is 58.1 Å². The van der Waals surface area contributed by atoms with Crippen molar-refractivity contribution in [1.82, 2.24) is 0 Å². The summed E-state index contributed by atoms with van der Waals surface area (Å²) in [6, 6.07) is 12.0. The summed E-state index contributed by atoms with van der Waals surface area (Å²) in [6.45, 7) is 2.06. The van der Waals surface area contributed by atoms with E-state index in [2.05, 4.69) is 31.2 Å². The summed E-state index contributed by atoms with van der Waals surface area (Å²) in [7, 11) is 3.16. The molecular weight excluding hydrogens is 307 g/mol. The fraction of sp³-hybridized carbons (Fsp3) is 0.294. The number of hydrogen-bond acceptors (Lipinski definition) is 2. The van der Waals surface area contributed by atoms with E-state index < -0.39 is 0 Å². The Morgan fingerprint density at radius 3 is 2.24 bits per heavy atom. The number of rotatable bonds is 5. The molecule has 0 saturated carbocycles. The molecule has 0 N–H and O–H groups in total. The van der Waals surface area contributed by atoms with Gasteiger partial charge in [0.25, 0.3) is 0 Å². The van der Waals surface area contributed by atoms with E-state index in [1.165, 1.54) is 11.1 Å². The van der Waals surface area contributed by atoms with E-state index in [1.807, 2.05) is 12.1 Å². The van der Waals surface area contributed by atoms with Crippen molar-refractivity contribution < 1.29 is 9.47 Å². The second-order valence-corrected chi connectivity index (χ2v) is 5.77. The second kappa shape index (κ2) is 7.06. The summed E-state index contributed by atoms with van der Waals surface area (Å²) < 4.78 is 10.6. The van der Waals surface area contributed by atoms with Crippen molar-refractivity contribution in [2.45, 2.75) is 18.7 Å². The lowest BCUT2D eigenvalue weighted by Crippen LogP contribution is -2.01. The minimum Gasteiger partial charge on any atom is -0.495 e. The van der Waals surface area contributed by atoms with Crippen molar-refractivity contribution in [2.24, 2.45) is 0 Å². The highest BCUT2D eigenvalue weighted by molar-refractivity contribution is 6.34. The molecule has 0 aliphatic carbocycles. The second-order valence-electron chi connectivity index (χ2n) is 4.86. The highest BCUT2D eigenvalue weighted by Gasteiger charge is 2.19. The molecule has 0 amide bonds. The van der Waals surface area contributed by atoms with Crippen LogP contribution in [0.25, 0.3) is 0 Å². The molecule has 0 spiro atoms. The molecule has 1 unspecified atom stereocenters. The average molecular weight is 325 g/mol. The molecule has 0 aliphatic heterocycles. The van der Waals surface area contributed by atoms with Crippen molar-refractivity contribution in [2.75, 3.05) is 14.2 Å². The zero-order valence-electron chi connectivity index (χ0n) is 12.3. The quantitative estimate of drug-likeness (QED) is 0.705. The van der Waals surface area contributed by atoms with Gasteiger partial charge in [-0.05, 0) is 25.0 Å². The van der Waals surface area contributed by atoms with Gasteiger partial charge in [-0.15, -0.1) is 11.6 Å². The van der Waals surface area contributed by atoms with Crippen LogP contribution in [0.3, 0.4) is 0 Å². The minimum absolute atomic E-state index is 0.217. The summed E-state index contributed by atoms with van der Waals surface area (Å²) in [5.41, 5.74) is 3.27. The van der Waals surface area contributed by atoms with Crippen LogP contribution in [0, 0.1) is 6.92 Å². The van der Waals surface area contributed by atoms with Crippen molar-refractivity contribution >= 4 is 23.2 Å². The third-order valence-corrected chi connectivity index (χ3v) is 4.14. The van der Waals surface area contributed by atoms with Crippen LogP contribution in [0.15, 0.2) is 36.4 Å². The number of halogens is 2. The third kappa shape index (κ3) is 3.63. The molecule has 0 fully saturated rings. The maximum Gasteiger partial charge on any atom is 0.145 e. The van der Waals surface area contributed by atoms with E-state index >= 15 is 0 Å². The van der Waals surface area contributed by atoms with Gasteiger partial charge in [0.15, 0.2) is 0 Å². The van der Waals surface area contributed by atoms with Crippen LogP contribution >= 0.6 is 23.2 Å². The summed E-state index contributed by atoms with van der Waals surface area (Å²) >= 11 is 12.8. The third-order valence-electron chi connectivity index (χ3n) is 3.39. The number of aryl methyl sites for hydroxylation is 1. The fourth-order valence-electron chi connectivity index (χ4n) is 2.21. The first-order valence-corrected chi connectivity index (χ1v) is 7.48. The van der Waals surface area contributed by atoms with E-state index in [9.17, 15) is 0 Å². The van der Waals surface area contributed by atoms with Crippen LogP contribution in [0.4, 0.5) is 0 Å². The van der Waals surface area contributed by atoms with Crippen LogP contribution in [0.2, 0.25) is 5.02 Å². The molecule has 4 heteroatoms. The predicted molar refractivity (Wildman–Crippen MR) is 88.0 cm³/mol. The van der Waals surface area contributed by atoms with Crippen LogP contribution in [-0.2, 0) is 6.42 Å². The highest BCUT2D eigenvalue weighted by Crippen LogP contribution is 2.42. The Hall–Kier alpha value is -1.38. The number of benzene rings is 2. The summed E-state index contributed by atoms with van der Waals surface area (Å²) in [5.74, 6) is 1.15. The van der Waals surface area contributed by atoms with Crippen LogP contribution in [0.5, 0.6) is 11.5 Å². The van der Waals surface area contributed by atoms with E-state index in [1.54, 1.807) is 14.2 Å². The topological polar surface area (TPSA) is 18.5 Å². The zero-order chi connectivity index (χ0) is 15.4. The van der Waals surface area contributed by atoms with Crippen molar-refractivity contribution in [3.8, 4) is 11.5 Å². The number of alkyl halides is 1. The smallest absolute Gasteiger partial charge is 0.145 e. The molecule has 0 saturated heterocycles. The lowest BCUT2D eigenvalue weighted by atomic mass is 10.0. The first-order valence-electron chi connectivity index (χ1n) is 6.66. The average Bonchev–Trinajstić information content (AvgIpc) is 2.49. The molecule has 2 aromatic rings. The number of ether oxygens (including phenoxy) is 2. The Morgan fingerprint density at radius 1 is 1.00 bits per heavy atom. The molecular formula is C17H18Cl2O2. The van der Waals surface area contributed by atoms with Crippen molar-refractivity contribution in [1.29, 1.82) is 0 Å². The van der Waals surface area contributed by atoms with Gasteiger partial charge in [-0.25, -0.2) is 0 Å². The zero-order valence-corrected chi connectivity index (χ0v) is 13.8. The Labute approximate surface area is 135 Å². The lowest BCUT2D eigenvalue weighted by molar-refractivity contribution is 0.391. The molecule has 0 bridgehead atoms. The maximum atomic E-state index is 6.55. The lowest BCUT2D eigenvalue weighted by Gasteiger charge is -2.17. The van der Waals surface area contributed by atoms with E-state index in [-0.39, 0.29) is 5.38 Å². The van der Waals surface area contributed by atoms with Gasteiger partial charge < -0.3 is 9.47 Å². The summed E-state index contributed by atoms with van der Waals surface area (Å²) in [4.78, 5) is 0. The fourth-order valence-corrected chi connectivity index (χ4v) is 2.88. The molecule has 112 valence electrons. The molecule has 0 aliphatic rings. The van der Waals surface area contributed by atoms with E-state index in [0.717, 1.165) is 5.56 Å². The SMILES string of the molecule is COc1ccc(C(Cl)Cc2ccc(C)cc2)c(OC)c1Cl. The standard InChI is InChI=1S/C17H18Cl2O2/c1-11-4-6-12(7-5-11)10-14(18)13-8-9-15(20-2)16(19)17(13)21-3/h4-9,14H,10H2,1-3H3. The Kier molecular flexibility index (Phi) is 5.38. The van der Waals surface area contributed by atoms with Crippen molar-refractivity contribution in [3.63, 3.8) is 0 Å². The van der Waals surface area contributed by atoms with Gasteiger partial charge in [0.05, 0.1) is 19.6 Å². The van der Waals surface area contributed by atoms with Gasteiger partial charge in [0.1, 0.15) is 16.5 Å². The van der Waals surface area contributed by atoms with E-state index in [4.69, 9.17) is 32.7 Å². The first-order chi connectivity index (χ1) is 10.1. The number of methoxy groups -OCH3 is 2. The molecule has 0 aromatic heterocycles. The van der Waals surface area contributed by atoms with Gasteiger partial charge in [-0.3, -0.25) is 0 Å². The Morgan fingerprint density at radius 2 is 1.67 bits per heavy atom. The number of hydrogen-bond donors (Lipinski definition) is 0. The molecule has 0 heterocycles. The molecule has 21 heavy (non-hydrogen) atoms. The minimum atomic E-state index is -0.217. The normalized spacial score (nSPS) is 12.0. The molecule has 2 aromatic carbocycles. The predicted octanol–water partition coefficient (Wildman–Crippen LogP) is 5.19. The van der Waals surface area contributed by atoms with Crippen LogP contribution < -0.4 is 9.47 Å². The maximum absolute atomic E-state index is 6.55.